The van der Waals surface area contributed by atoms with Gasteiger partial charge >= 0.3 is 0 Å². The van der Waals surface area contributed by atoms with Gasteiger partial charge in [-0.25, -0.2) is 9.07 Å². The Morgan fingerprint density at radius 1 is 1.12 bits per heavy atom. The van der Waals surface area contributed by atoms with Crippen molar-refractivity contribution in [2.24, 2.45) is 0 Å². The molecule has 4 aromatic rings. The summed E-state index contributed by atoms with van der Waals surface area (Å²) in [6.45, 7) is 0.518. The van der Waals surface area contributed by atoms with Crippen molar-refractivity contribution in [2.75, 3.05) is 6.54 Å². The predicted molar refractivity (Wildman–Crippen MR) is 123 cm³/mol. The van der Waals surface area contributed by atoms with E-state index < -0.39 is 5.82 Å². The van der Waals surface area contributed by atoms with Gasteiger partial charge in [0.05, 0.1) is 28.9 Å². The molecule has 0 unspecified atom stereocenters. The van der Waals surface area contributed by atoms with E-state index in [9.17, 15) is 9.18 Å². The van der Waals surface area contributed by atoms with Crippen molar-refractivity contribution >= 4 is 17.5 Å². The molecule has 0 aliphatic heterocycles. The number of halogens is 2. The molecule has 0 aliphatic carbocycles. The first-order chi connectivity index (χ1) is 16.1. The molecule has 2 aromatic carbocycles. The largest absolute Gasteiger partial charge is 0.332 e. The van der Waals surface area contributed by atoms with Gasteiger partial charge in [-0.15, -0.1) is 0 Å². The molecule has 0 radical (unpaired) electrons. The highest BCUT2D eigenvalue weighted by atomic mass is 35.5. The number of carbonyl (C=O) groups excluding carboxylic acids is 1. The summed E-state index contributed by atoms with van der Waals surface area (Å²) in [5.41, 5.74) is 2.82. The normalized spacial score (nSPS) is 10.6. The number of nitrogens with zero attached hydrogens (tertiary/aromatic N) is 5. The topological polar surface area (TPSA) is 74.8 Å². The SMILES string of the molecule is N#CCCN(Cc1cccnc1)C(=O)c1cc(-c2ccccc2Cl)nn1-c1ccc(F)cc1. The van der Waals surface area contributed by atoms with Crippen molar-refractivity contribution < 1.29 is 9.18 Å². The summed E-state index contributed by atoms with van der Waals surface area (Å²) in [4.78, 5) is 19.4. The maximum atomic E-state index is 13.7. The van der Waals surface area contributed by atoms with Crippen LogP contribution in [0.2, 0.25) is 5.02 Å². The Kier molecular flexibility index (Phi) is 6.77. The van der Waals surface area contributed by atoms with Crippen LogP contribution in [0.1, 0.15) is 22.5 Å². The van der Waals surface area contributed by atoms with E-state index in [0.717, 1.165) is 5.56 Å². The molecule has 0 aliphatic rings. The fraction of sp³-hybridized carbons (Fsp3) is 0.120. The fourth-order valence-corrected chi connectivity index (χ4v) is 3.66. The number of hydrogen-bond acceptors (Lipinski definition) is 4. The Hall–Kier alpha value is -4.02. The second-order valence-corrected chi connectivity index (χ2v) is 7.69. The zero-order valence-electron chi connectivity index (χ0n) is 17.5. The Balaban J connectivity index is 1.79. The van der Waals surface area contributed by atoms with Gasteiger partial charge in [-0.3, -0.25) is 9.78 Å². The van der Waals surface area contributed by atoms with Crippen LogP contribution in [0.15, 0.2) is 79.1 Å². The molecule has 2 aromatic heterocycles. The van der Waals surface area contributed by atoms with E-state index in [2.05, 4.69) is 16.2 Å². The van der Waals surface area contributed by atoms with Crippen LogP contribution in [0.4, 0.5) is 4.39 Å². The van der Waals surface area contributed by atoms with Crippen LogP contribution >= 0.6 is 11.6 Å². The number of carbonyl (C=O) groups is 1. The number of amides is 1. The van der Waals surface area contributed by atoms with E-state index in [4.69, 9.17) is 16.9 Å². The Labute approximate surface area is 195 Å². The van der Waals surface area contributed by atoms with Crippen LogP contribution in [0, 0.1) is 17.1 Å². The van der Waals surface area contributed by atoms with Gasteiger partial charge in [-0.2, -0.15) is 10.4 Å². The lowest BCUT2D eigenvalue weighted by Gasteiger charge is -2.22. The summed E-state index contributed by atoms with van der Waals surface area (Å²) in [7, 11) is 0. The second kappa shape index (κ2) is 10.1. The van der Waals surface area contributed by atoms with Gasteiger partial charge in [0.25, 0.3) is 5.91 Å². The average Bonchev–Trinajstić information content (AvgIpc) is 3.28. The third kappa shape index (κ3) is 5.08. The minimum Gasteiger partial charge on any atom is -0.332 e. The van der Waals surface area contributed by atoms with Gasteiger partial charge in [0.15, 0.2) is 0 Å². The summed E-state index contributed by atoms with van der Waals surface area (Å²) in [6.07, 6.45) is 3.51. The highest BCUT2D eigenvalue weighted by molar-refractivity contribution is 6.33. The van der Waals surface area contributed by atoms with Crippen LogP contribution < -0.4 is 0 Å². The molecule has 0 N–H and O–H groups in total. The van der Waals surface area contributed by atoms with E-state index in [-0.39, 0.29) is 31.1 Å². The highest BCUT2D eigenvalue weighted by Gasteiger charge is 2.24. The van der Waals surface area contributed by atoms with Gasteiger partial charge < -0.3 is 4.90 Å². The van der Waals surface area contributed by atoms with Gasteiger partial charge in [0.1, 0.15) is 11.5 Å². The van der Waals surface area contributed by atoms with Gasteiger partial charge in [0, 0.05) is 31.0 Å². The van der Waals surface area contributed by atoms with Crippen LogP contribution in [-0.4, -0.2) is 32.1 Å². The maximum Gasteiger partial charge on any atom is 0.272 e. The molecule has 33 heavy (non-hydrogen) atoms. The van der Waals surface area contributed by atoms with Crippen molar-refractivity contribution in [2.45, 2.75) is 13.0 Å². The lowest BCUT2D eigenvalue weighted by atomic mass is 10.1. The number of benzene rings is 2. The summed E-state index contributed by atoms with van der Waals surface area (Å²) in [6, 6.07) is 20.3. The molecule has 0 spiro atoms. The molecule has 0 saturated carbocycles. The Morgan fingerprint density at radius 3 is 2.61 bits per heavy atom. The number of hydrogen-bond donors (Lipinski definition) is 0. The lowest BCUT2D eigenvalue weighted by molar-refractivity contribution is 0.0737. The molecule has 1 amide bonds. The van der Waals surface area contributed by atoms with E-state index in [1.165, 1.54) is 16.8 Å². The quantitative estimate of drug-likeness (QED) is 0.376. The van der Waals surface area contributed by atoms with Crippen molar-refractivity contribution in [1.82, 2.24) is 19.7 Å². The smallest absolute Gasteiger partial charge is 0.272 e. The molecular formula is C25H19ClFN5O. The molecule has 0 bridgehead atoms. The molecule has 8 heteroatoms. The third-order valence-electron chi connectivity index (χ3n) is 5.03. The van der Waals surface area contributed by atoms with Gasteiger partial charge in [-0.1, -0.05) is 35.9 Å². The summed E-state index contributed by atoms with van der Waals surface area (Å²) >= 11 is 6.37. The van der Waals surface area contributed by atoms with Crippen molar-refractivity contribution in [3.8, 4) is 23.0 Å². The number of pyridine rings is 1. The summed E-state index contributed by atoms with van der Waals surface area (Å²) < 4.78 is 15.0. The number of aromatic nitrogens is 3. The Morgan fingerprint density at radius 2 is 1.91 bits per heavy atom. The lowest BCUT2D eigenvalue weighted by Crippen LogP contribution is -2.33. The fourth-order valence-electron chi connectivity index (χ4n) is 3.42. The molecule has 2 heterocycles. The van der Waals surface area contributed by atoms with Crippen molar-refractivity contribution in [3.05, 3.63) is 101 Å². The Bertz CT molecular complexity index is 1300. The summed E-state index contributed by atoms with van der Waals surface area (Å²) in [5.74, 6) is -0.707. The zero-order valence-corrected chi connectivity index (χ0v) is 18.3. The molecule has 6 nitrogen and oxygen atoms in total. The molecule has 4 rings (SSSR count). The van der Waals surface area contributed by atoms with Crippen LogP contribution in [-0.2, 0) is 6.54 Å². The number of rotatable bonds is 7. The molecule has 0 fully saturated rings. The van der Waals surface area contributed by atoms with E-state index >= 15 is 0 Å². The average molecular weight is 460 g/mol. The van der Waals surface area contributed by atoms with E-state index in [1.54, 1.807) is 47.6 Å². The number of nitriles is 1. The summed E-state index contributed by atoms with van der Waals surface area (Å²) in [5, 5.41) is 14.2. The van der Waals surface area contributed by atoms with E-state index in [1.807, 2.05) is 24.3 Å². The maximum absolute atomic E-state index is 13.7. The van der Waals surface area contributed by atoms with Crippen molar-refractivity contribution in [3.63, 3.8) is 0 Å². The van der Waals surface area contributed by atoms with Crippen LogP contribution in [0.5, 0.6) is 0 Å². The van der Waals surface area contributed by atoms with Crippen molar-refractivity contribution in [1.29, 1.82) is 5.26 Å². The predicted octanol–water partition coefficient (Wildman–Crippen LogP) is 5.28. The van der Waals surface area contributed by atoms with Crippen LogP contribution in [0.3, 0.4) is 0 Å². The van der Waals surface area contributed by atoms with Crippen LogP contribution in [0.25, 0.3) is 16.9 Å². The molecule has 0 atom stereocenters. The molecule has 0 saturated heterocycles. The monoisotopic (exact) mass is 459 g/mol. The highest BCUT2D eigenvalue weighted by Crippen LogP contribution is 2.29. The third-order valence-corrected chi connectivity index (χ3v) is 5.36. The van der Waals surface area contributed by atoms with E-state index in [0.29, 0.717) is 22.0 Å². The standard InChI is InChI=1S/C25H19ClFN5O/c26-22-7-2-1-6-21(22)23-15-24(32(30-23)20-10-8-19(27)9-11-20)25(33)31(14-4-12-28)17-18-5-3-13-29-16-18/h1-3,5-11,13,15-16H,4,14,17H2. The first kappa shape index (κ1) is 22.2. The van der Waals surface area contributed by atoms with Gasteiger partial charge in [-0.05, 0) is 48.0 Å². The first-order valence-electron chi connectivity index (χ1n) is 10.2. The molecule has 164 valence electrons. The molecular weight excluding hydrogens is 441 g/mol. The zero-order chi connectivity index (χ0) is 23.2. The second-order valence-electron chi connectivity index (χ2n) is 7.28. The van der Waals surface area contributed by atoms with Gasteiger partial charge in [0.2, 0.25) is 0 Å². The minimum absolute atomic E-state index is 0.175. The minimum atomic E-state index is -0.391. The first-order valence-corrected chi connectivity index (χ1v) is 10.6.